The van der Waals surface area contributed by atoms with Gasteiger partial charge in [-0.05, 0) is 13.8 Å². The number of alkyl halides is 2. The van der Waals surface area contributed by atoms with E-state index in [0.717, 1.165) is 0 Å². The monoisotopic (exact) mass is 236 g/mol. The van der Waals surface area contributed by atoms with Crippen molar-refractivity contribution in [2.24, 2.45) is 0 Å². The zero-order valence-corrected chi connectivity index (χ0v) is 9.16. The first-order valence-electron chi connectivity index (χ1n) is 4.81. The summed E-state index contributed by atoms with van der Waals surface area (Å²) in [7, 11) is 0. The van der Waals surface area contributed by atoms with E-state index in [1.54, 1.807) is 13.8 Å². The van der Waals surface area contributed by atoms with Crippen LogP contribution in [0.4, 0.5) is 8.78 Å². The van der Waals surface area contributed by atoms with Crippen molar-refractivity contribution in [1.29, 1.82) is 0 Å². The van der Waals surface area contributed by atoms with Gasteiger partial charge >= 0.3 is 5.97 Å². The number of allylic oxidation sites excluding steroid dienone is 1. The zero-order valence-electron chi connectivity index (χ0n) is 9.16. The Balaban J connectivity index is 4.45. The summed E-state index contributed by atoms with van der Waals surface area (Å²) in [4.78, 5) is 22.1. The predicted octanol–water partition coefficient (Wildman–Crippen LogP) is 1.69. The minimum Gasteiger partial charge on any atom is -0.501 e. The molecule has 0 aliphatic carbocycles. The molecule has 0 atom stereocenters. The number of Topliss-reactive ketones (excluding diaryl/α,β-unsaturated/α-hetero) is 1. The molecule has 0 spiro atoms. The highest BCUT2D eigenvalue weighted by Crippen LogP contribution is 2.12. The van der Waals surface area contributed by atoms with Crippen LogP contribution in [0.5, 0.6) is 0 Å². The fraction of sp³-hybridized carbons (Fsp3) is 0.600. The molecule has 16 heavy (non-hydrogen) atoms. The molecule has 0 rings (SSSR count). The molecule has 0 fully saturated rings. The second kappa shape index (κ2) is 7.78. The molecule has 0 aliphatic heterocycles. The minimum absolute atomic E-state index is 0.102. The fourth-order valence-corrected chi connectivity index (χ4v) is 0.857. The quantitative estimate of drug-likeness (QED) is 0.292. The minimum atomic E-state index is -2.96. The Hall–Kier alpha value is -1.46. The van der Waals surface area contributed by atoms with Gasteiger partial charge in [0.25, 0.3) is 6.43 Å². The molecule has 0 radical (unpaired) electrons. The lowest BCUT2D eigenvalue weighted by Crippen LogP contribution is -2.17. The van der Waals surface area contributed by atoms with E-state index in [1.165, 1.54) is 0 Å². The lowest BCUT2D eigenvalue weighted by molar-refractivity contribution is -0.145. The molecule has 0 heterocycles. The zero-order chi connectivity index (χ0) is 12.6. The molecule has 0 aromatic heterocycles. The van der Waals surface area contributed by atoms with Crippen LogP contribution in [0.15, 0.2) is 11.8 Å². The van der Waals surface area contributed by atoms with E-state index >= 15 is 0 Å². The smallest absolute Gasteiger partial charge is 0.313 e. The van der Waals surface area contributed by atoms with Gasteiger partial charge in [-0.2, -0.15) is 0 Å². The van der Waals surface area contributed by atoms with E-state index in [1.807, 2.05) is 0 Å². The van der Waals surface area contributed by atoms with Gasteiger partial charge in [-0.15, -0.1) is 0 Å². The van der Waals surface area contributed by atoms with Crippen molar-refractivity contribution in [2.45, 2.75) is 26.7 Å². The summed E-state index contributed by atoms with van der Waals surface area (Å²) in [5.41, 5.74) is -0.810. The molecule has 0 aliphatic rings. The van der Waals surface area contributed by atoms with E-state index in [9.17, 15) is 18.4 Å². The van der Waals surface area contributed by atoms with Gasteiger partial charge in [0.05, 0.1) is 25.0 Å². The van der Waals surface area contributed by atoms with Gasteiger partial charge in [-0.25, -0.2) is 8.78 Å². The summed E-state index contributed by atoms with van der Waals surface area (Å²) in [5.74, 6) is -1.81. The highest BCUT2D eigenvalue weighted by Gasteiger charge is 2.23. The Morgan fingerprint density at radius 1 is 1.25 bits per heavy atom. The van der Waals surface area contributed by atoms with Crippen molar-refractivity contribution < 1.29 is 27.8 Å². The molecule has 0 aromatic carbocycles. The molecule has 4 nitrogen and oxygen atoms in total. The molecule has 0 saturated heterocycles. The van der Waals surface area contributed by atoms with Gasteiger partial charge in [0.2, 0.25) is 0 Å². The first kappa shape index (κ1) is 14.5. The van der Waals surface area contributed by atoms with E-state index in [0.29, 0.717) is 6.26 Å². The average molecular weight is 236 g/mol. The van der Waals surface area contributed by atoms with Crippen LogP contribution in [0, 0.1) is 0 Å². The SMILES string of the molecule is CCOC=C(C(=O)CC(=O)OCC)C(F)F. The Kier molecular flexibility index (Phi) is 7.07. The van der Waals surface area contributed by atoms with Crippen molar-refractivity contribution in [2.75, 3.05) is 13.2 Å². The van der Waals surface area contributed by atoms with Gasteiger partial charge in [0.1, 0.15) is 6.42 Å². The molecule has 0 saturated carbocycles. The van der Waals surface area contributed by atoms with Crippen molar-refractivity contribution in [3.8, 4) is 0 Å². The topological polar surface area (TPSA) is 52.6 Å². The third-order valence-electron chi connectivity index (χ3n) is 1.54. The molecule has 0 aromatic rings. The number of hydrogen-bond acceptors (Lipinski definition) is 4. The van der Waals surface area contributed by atoms with Gasteiger partial charge in [0.15, 0.2) is 5.78 Å². The molecule has 0 bridgehead atoms. The van der Waals surface area contributed by atoms with Crippen LogP contribution in [0.1, 0.15) is 20.3 Å². The fourth-order valence-electron chi connectivity index (χ4n) is 0.857. The van der Waals surface area contributed by atoms with Crippen LogP contribution in [-0.4, -0.2) is 31.4 Å². The average Bonchev–Trinajstić information content (AvgIpc) is 2.17. The van der Waals surface area contributed by atoms with Crippen molar-refractivity contribution in [3.05, 3.63) is 11.8 Å². The standard InChI is InChI=1S/C10H14F2O4/c1-3-15-6-7(10(11)12)8(13)5-9(14)16-4-2/h6,10H,3-5H2,1-2H3. The van der Waals surface area contributed by atoms with Gasteiger partial charge in [-0.1, -0.05) is 0 Å². The molecule has 6 heteroatoms. The molecular weight excluding hydrogens is 222 g/mol. The van der Waals surface area contributed by atoms with Crippen molar-refractivity contribution in [1.82, 2.24) is 0 Å². The Bertz CT molecular complexity index is 274. The summed E-state index contributed by atoms with van der Waals surface area (Å²) in [6.07, 6.45) is -2.97. The number of ether oxygens (including phenoxy) is 2. The predicted molar refractivity (Wildman–Crippen MR) is 52.0 cm³/mol. The van der Waals surface area contributed by atoms with Crippen LogP contribution in [0.2, 0.25) is 0 Å². The van der Waals surface area contributed by atoms with Crippen molar-refractivity contribution >= 4 is 11.8 Å². The molecular formula is C10H14F2O4. The Morgan fingerprint density at radius 2 is 1.88 bits per heavy atom. The number of halogens is 2. The lowest BCUT2D eigenvalue weighted by Gasteiger charge is -2.05. The molecule has 92 valence electrons. The molecule has 0 unspecified atom stereocenters. The van der Waals surface area contributed by atoms with Crippen molar-refractivity contribution in [3.63, 3.8) is 0 Å². The maximum atomic E-state index is 12.4. The van der Waals surface area contributed by atoms with E-state index in [-0.39, 0.29) is 13.2 Å². The maximum absolute atomic E-state index is 12.4. The third kappa shape index (κ3) is 5.43. The third-order valence-corrected chi connectivity index (χ3v) is 1.54. The number of carbonyl (C=O) groups excluding carboxylic acids is 2. The first-order valence-corrected chi connectivity index (χ1v) is 4.81. The molecule has 0 amide bonds. The van der Waals surface area contributed by atoms with Crippen LogP contribution < -0.4 is 0 Å². The van der Waals surface area contributed by atoms with Gasteiger partial charge < -0.3 is 9.47 Å². The van der Waals surface area contributed by atoms with Crippen LogP contribution in [0.25, 0.3) is 0 Å². The summed E-state index contributed by atoms with van der Waals surface area (Å²) in [6, 6.07) is 0. The van der Waals surface area contributed by atoms with Gasteiger partial charge in [0, 0.05) is 0 Å². The van der Waals surface area contributed by atoms with Crippen LogP contribution in [0.3, 0.4) is 0 Å². The number of esters is 1. The highest BCUT2D eigenvalue weighted by atomic mass is 19.3. The summed E-state index contributed by atoms with van der Waals surface area (Å²) >= 11 is 0. The van der Waals surface area contributed by atoms with E-state index in [2.05, 4.69) is 9.47 Å². The van der Waals surface area contributed by atoms with Gasteiger partial charge in [-0.3, -0.25) is 9.59 Å². The molecule has 0 N–H and O–H groups in total. The second-order valence-electron chi connectivity index (χ2n) is 2.73. The highest BCUT2D eigenvalue weighted by molar-refractivity contribution is 6.05. The number of carbonyl (C=O) groups is 2. The Morgan fingerprint density at radius 3 is 2.31 bits per heavy atom. The lowest BCUT2D eigenvalue weighted by atomic mass is 10.1. The van der Waals surface area contributed by atoms with E-state index < -0.39 is 30.2 Å². The number of ketones is 1. The second-order valence-corrected chi connectivity index (χ2v) is 2.73. The number of rotatable bonds is 7. The largest absolute Gasteiger partial charge is 0.501 e. The summed E-state index contributed by atoms with van der Waals surface area (Å²) in [5, 5.41) is 0. The summed E-state index contributed by atoms with van der Waals surface area (Å²) in [6.45, 7) is 3.43. The first-order chi connectivity index (χ1) is 7.52. The van der Waals surface area contributed by atoms with Crippen LogP contribution >= 0.6 is 0 Å². The summed E-state index contributed by atoms with van der Waals surface area (Å²) < 4.78 is 33.9. The Labute approximate surface area is 92.2 Å². The normalized spacial score (nSPS) is 11.4. The number of hydrogen-bond donors (Lipinski definition) is 0. The van der Waals surface area contributed by atoms with Crippen LogP contribution in [-0.2, 0) is 19.1 Å². The van der Waals surface area contributed by atoms with E-state index in [4.69, 9.17) is 0 Å². The maximum Gasteiger partial charge on any atom is 0.313 e.